The van der Waals surface area contributed by atoms with Crippen molar-refractivity contribution in [2.45, 2.75) is 4.75 Å². The lowest BCUT2D eigenvalue weighted by Gasteiger charge is -2.34. The van der Waals surface area contributed by atoms with E-state index in [-0.39, 0.29) is 31.2 Å². The van der Waals surface area contributed by atoms with Gasteiger partial charge in [0.2, 0.25) is 0 Å². The Bertz CT molecular complexity index is 1200. The number of aromatic hydroxyl groups is 2. The van der Waals surface area contributed by atoms with Crippen LogP contribution in [0.2, 0.25) is 20.1 Å². The molecule has 0 bridgehead atoms. The Morgan fingerprint density at radius 2 is 1.34 bits per heavy atom. The summed E-state index contributed by atoms with van der Waals surface area (Å²) in [6, 6.07) is 12.0. The molecule has 0 amide bonds. The SMILES string of the molecule is O=S(=O)(O)C(c1ccccc1)(c1cc(O)c(Cl)cc1O)c1c(Cl)ccc(Cl)c1Cl. The number of hydrogen-bond acceptors (Lipinski definition) is 4. The van der Waals surface area contributed by atoms with Crippen molar-refractivity contribution >= 4 is 56.5 Å². The Morgan fingerprint density at radius 3 is 1.93 bits per heavy atom. The van der Waals surface area contributed by atoms with E-state index in [1.807, 2.05) is 0 Å². The molecule has 0 aromatic heterocycles. The van der Waals surface area contributed by atoms with Crippen LogP contribution in [0.5, 0.6) is 11.5 Å². The van der Waals surface area contributed by atoms with E-state index in [0.29, 0.717) is 0 Å². The van der Waals surface area contributed by atoms with Crippen molar-refractivity contribution in [1.82, 2.24) is 0 Å². The Morgan fingerprint density at radius 1 is 0.759 bits per heavy atom. The summed E-state index contributed by atoms with van der Waals surface area (Å²) in [6.07, 6.45) is 0. The fourth-order valence-electron chi connectivity index (χ4n) is 3.21. The molecule has 10 heteroatoms. The van der Waals surface area contributed by atoms with Crippen LogP contribution < -0.4 is 0 Å². The minimum Gasteiger partial charge on any atom is -0.508 e. The average Bonchev–Trinajstić information content (AvgIpc) is 2.65. The lowest BCUT2D eigenvalue weighted by atomic mass is 9.83. The van der Waals surface area contributed by atoms with Gasteiger partial charge < -0.3 is 10.2 Å². The lowest BCUT2D eigenvalue weighted by Crippen LogP contribution is -2.39. The quantitative estimate of drug-likeness (QED) is 0.182. The van der Waals surface area contributed by atoms with Crippen LogP contribution in [0.1, 0.15) is 16.7 Å². The number of phenolic OH excluding ortho intramolecular Hbond substituents is 2. The van der Waals surface area contributed by atoms with Crippen molar-refractivity contribution < 1.29 is 23.2 Å². The molecule has 0 aliphatic heterocycles. The summed E-state index contributed by atoms with van der Waals surface area (Å²) < 4.78 is 33.9. The predicted molar refractivity (Wildman–Crippen MR) is 114 cm³/mol. The summed E-state index contributed by atoms with van der Waals surface area (Å²) in [4.78, 5) is 0. The molecule has 0 spiro atoms. The van der Waals surface area contributed by atoms with Crippen LogP contribution in [-0.4, -0.2) is 23.2 Å². The zero-order chi connectivity index (χ0) is 21.6. The molecule has 3 rings (SSSR count). The molecule has 3 aromatic carbocycles. The highest BCUT2D eigenvalue weighted by molar-refractivity contribution is 7.87. The third kappa shape index (κ3) is 3.54. The van der Waals surface area contributed by atoms with Gasteiger partial charge in [0.15, 0.2) is 4.75 Å². The van der Waals surface area contributed by atoms with Crippen molar-refractivity contribution in [3.8, 4) is 11.5 Å². The molecule has 0 aliphatic carbocycles. The van der Waals surface area contributed by atoms with Crippen LogP contribution in [0, 0.1) is 0 Å². The van der Waals surface area contributed by atoms with Gasteiger partial charge in [-0.25, -0.2) is 0 Å². The summed E-state index contributed by atoms with van der Waals surface area (Å²) in [5.41, 5.74) is -0.719. The van der Waals surface area contributed by atoms with Gasteiger partial charge in [-0.05, 0) is 23.8 Å². The van der Waals surface area contributed by atoms with Gasteiger partial charge in [0.25, 0.3) is 10.1 Å². The van der Waals surface area contributed by atoms with Crippen LogP contribution in [0.3, 0.4) is 0 Å². The van der Waals surface area contributed by atoms with Crippen LogP contribution in [0.25, 0.3) is 0 Å². The first-order valence-corrected chi connectivity index (χ1v) is 10.9. The third-order valence-corrected chi connectivity index (χ3v) is 7.26. The summed E-state index contributed by atoms with van der Waals surface area (Å²) in [5, 5.41) is 20.1. The molecular weight excluding hydrogens is 482 g/mol. The standard InChI is InChI=1S/C19H12Cl4O5S/c20-12-6-7-13(21)18(23)17(12)19(29(26,27)28,10-4-2-1-3-5-10)11-8-16(25)14(22)9-15(11)24/h1-9,24-25H,(H,26,27,28). The van der Waals surface area contributed by atoms with Crippen molar-refractivity contribution in [1.29, 1.82) is 0 Å². The molecule has 0 saturated carbocycles. The van der Waals surface area contributed by atoms with Crippen molar-refractivity contribution in [2.24, 2.45) is 0 Å². The van der Waals surface area contributed by atoms with E-state index in [1.54, 1.807) is 6.07 Å². The molecular formula is C19H12Cl4O5S. The highest BCUT2D eigenvalue weighted by Gasteiger charge is 2.53. The highest BCUT2D eigenvalue weighted by Crippen LogP contribution is 2.53. The molecule has 0 fully saturated rings. The molecule has 0 radical (unpaired) electrons. The van der Waals surface area contributed by atoms with E-state index in [4.69, 9.17) is 46.4 Å². The minimum atomic E-state index is -5.14. The molecule has 1 unspecified atom stereocenters. The second-order valence-corrected chi connectivity index (χ2v) is 9.22. The highest BCUT2D eigenvalue weighted by atomic mass is 35.5. The van der Waals surface area contributed by atoms with E-state index in [9.17, 15) is 23.2 Å². The first kappa shape index (κ1) is 22.0. The third-order valence-electron chi connectivity index (χ3n) is 4.41. The zero-order valence-electron chi connectivity index (χ0n) is 14.3. The second kappa shape index (κ2) is 7.87. The van der Waals surface area contributed by atoms with Gasteiger partial charge >= 0.3 is 0 Å². The Hall–Kier alpha value is -1.67. The number of rotatable bonds is 4. The molecule has 152 valence electrons. The summed E-state index contributed by atoms with van der Waals surface area (Å²) in [5.74, 6) is -1.15. The predicted octanol–water partition coefficient (Wildman–Crippen LogP) is 5.89. The Kier molecular flexibility index (Phi) is 5.98. The van der Waals surface area contributed by atoms with Gasteiger partial charge in [0.05, 0.1) is 15.1 Å². The smallest absolute Gasteiger partial charge is 0.283 e. The second-order valence-electron chi connectivity index (χ2n) is 6.06. The maximum atomic E-state index is 13.0. The molecule has 5 nitrogen and oxygen atoms in total. The molecule has 0 heterocycles. The van der Waals surface area contributed by atoms with E-state index in [2.05, 4.69) is 0 Å². The molecule has 29 heavy (non-hydrogen) atoms. The Labute approximate surface area is 186 Å². The van der Waals surface area contributed by atoms with Gasteiger partial charge in [-0.2, -0.15) is 8.42 Å². The molecule has 3 aromatic rings. The maximum Gasteiger partial charge on any atom is 0.283 e. The molecule has 1 atom stereocenters. The maximum absolute atomic E-state index is 13.0. The van der Waals surface area contributed by atoms with Crippen molar-refractivity contribution in [3.63, 3.8) is 0 Å². The largest absolute Gasteiger partial charge is 0.508 e. The first-order chi connectivity index (χ1) is 13.5. The van der Waals surface area contributed by atoms with Gasteiger partial charge in [-0.1, -0.05) is 76.7 Å². The fourth-order valence-corrected chi connectivity index (χ4v) is 5.63. The molecule has 3 N–H and O–H groups in total. The average molecular weight is 494 g/mol. The van der Waals surface area contributed by atoms with Crippen LogP contribution in [-0.2, 0) is 14.9 Å². The van der Waals surface area contributed by atoms with Crippen LogP contribution in [0.4, 0.5) is 0 Å². The summed E-state index contributed by atoms with van der Waals surface area (Å²) in [7, 11) is -5.14. The fraction of sp³-hybridized carbons (Fsp3) is 0.0526. The molecule has 0 saturated heterocycles. The monoisotopic (exact) mass is 492 g/mol. The number of phenols is 2. The topological polar surface area (TPSA) is 94.8 Å². The summed E-state index contributed by atoms with van der Waals surface area (Å²) in [6.45, 7) is 0. The van der Waals surface area contributed by atoms with Crippen molar-refractivity contribution in [3.05, 3.63) is 91.4 Å². The van der Waals surface area contributed by atoms with Gasteiger partial charge in [0, 0.05) is 22.2 Å². The zero-order valence-corrected chi connectivity index (χ0v) is 18.1. The van der Waals surface area contributed by atoms with Crippen LogP contribution in [0.15, 0.2) is 54.6 Å². The van der Waals surface area contributed by atoms with E-state index < -0.39 is 31.9 Å². The van der Waals surface area contributed by atoms with Crippen molar-refractivity contribution in [2.75, 3.05) is 0 Å². The van der Waals surface area contributed by atoms with E-state index >= 15 is 0 Å². The summed E-state index contributed by atoms with van der Waals surface area (Å²) >= 11 is 24.6. The first-order valence-electron chi connectivity index (χ1n) is 7.90. The number of halogens is 4. The minimum absolute atomic E-state index is 0.00871. The molecule has 0 aliphatic rings. The van der Waals surface area contributed by atoms with E-state index in [0.717, 1.165) is 12.1 Å². The van der Waals surface area contributed by atoms with E-state index in [1.165, 1.54) is 36.4 Å². The Balaban J connectivity index is 2.67. The normalized spacial score (nSPS) is 13.8. The van der Waals surface area contributed by atoms with Gasteiger partial charge in [0.1, 0.15) is 11.5 Å². The van der Waals surface area contributed by atoms with Crippen LogP contribution >= 0.6 is 46.4 Å². The number of benzene rings is 3. The lowest BCUT2D eigenvalue weighted by molar-refractivity contribution is 0.434. The van der Waals surface area contributed by atoms with Gasteiger partial charge in [-0.3, -0.25) is 4.55 Å². The van der Waals surface area contributed by atoms with Gasteiger partial charge in [-0.15, -0.1) is 0 Å². The number of hydrogen-bond donors (Lipinski definition) is 3.